The quantitative estimate of drug-likeness (QED) is 0.845. The van der Waals surface area contributed by atoms with E-state index < -0.39 is 12.2 Å². The number of rotatable bonds is 5. The normalized spacial score (nSPS) is 19.6. The molecular weight excluding hydrogens is 320 g/mol. The fourth-order valence-corrected chi connectivity index (χ4v) is 2.88. The number of aliphatic hydroxyl groups is 1. The molecule has 0 aliphatic carbocycles. The standard InChI is InChI=1S/C19H20N2O4/c22-17(16-8-4-5-9-20-16)10-15-11-21(12-18(15)23)19(24)25-13-14-6-2-1-3-7-14/h1-9,15,18,23H,10-13H2. The Morgan fingerprint density at radius 2 is 1.88 bits per heavy atom. The van der Waals surface area contributed by atoms with Gasteiger partial charge < -0.3 is 14.7 Å². The van der Waals surface area contributed by atoms with E-state index in [9.17, 15) is 14.7 Å². The second kappa shape index (κ2) is 7.90. The lowest BCUT2D eigenvalue weighted by molar-refractivity contribution is 0.0887. The van der Waals surface area contributed by atoms with Crippen molar-refractivity contribution >= 4 is 11.9 Å². The van der Waals surface area contributed by atoms with Crippen molar-refractivity contribution in [1.29, 1.82) is 0 Å². The maximum absolute atomic E-state index is 12.2. The molecule has 1 saturated heterocycles. The number of aliphatic hydroxyl groups excluding tert-OH is 1. The van der Waals surface area contributed by atoms with Crippen LogP contribution < -0.4 is 0 Å². The second-order valence-corrected chi connectivity index (χ2v) is 6.11. The predicted octanol–water partition coefficient (Wildman–Crippen LogP) is 2.28. The highest BCUT2D eigenvalue weighted by molar-refractivity contribution is 5.94. The highest BCUT2D eigenvalue weighted by Gasteiger charge is 2.36. The van der Waals surface area contributed by atoms with Gasteiger partial charge >= 0.3 is 6.09 Å². The Balaban J connectivity index is 1.52. The molecule has 25 heavy (non-hydrogen) atoms. The molecule has 0 spiro atoms. The third-order valence-corrected chi connectivity index (χ3v) is 4.27. The van der Waals surface area contributed by atoms with Crippen molar-refractivity contribution in [3.05, 3.63) is 66.0 Å². The van der Waals surface area contributed by atoms with Crippen molar-refractivity contribution in [3.63, 3.8) is 0 Å². The molecule has 0 saturated carbocycles. The van der Waals surface area contributed by atoms with E-state index in [0.29, 0.717) is 12.2 Å². The summed E-state index contributed by atoms with van der Waals surface area (Å²) in [5.41, 5.74) is 1.28. The lowest BCUT2D eigenvalue weighted by atomic mass is 9.98. The van der Waals surface area contributed by atoms with Crippen molar-refractivity contribution in [2.24, 2.45) is 5.92 Å². The molecular formula is C19H20N2O4. The Hall–Kier alpha value is -2.73. The monoisotopic (exact) mass is 340 g/mol. The van der Waals surface area contributed by atoms with Gasteiger partial charge in [0, 0.05) is 25.1 Å². The maximum atomic E-state index is 12.2. The molecule has 1 fully saturated rings. The van der Waals surface area contributed by atoms with Crippen molar-refractivity contribution in [3.8, 4) is 0 Å². The van der Waals surface area contributed by atoms with Crippen LogP contribution in [0.15, 0.2) is 54.7 Å². The Morgan fingerprint density at radius 3 is 2.60 bits per heavy atom. The van der Waals surface area contributed by atoms with Gasteiger partial charge in [-0.2, -0.15) is 0 Å². The summed E-state index contributed by atoms with van der Waals surface area (Å²) in [5.74, 6) is -0.442. The minimum atomic E-state index is -0.739. The number of hydrogen-bond donors (Lipinski definition) is 1. The number of pyridine rings is 1. The van der Waals surface area contributed by atoms with Gasteiger partial charge in [0.1, 0.15) is 12.3 Å². The number of ketones is 1. The number of carbonyl (C=O) groups excluding carboxylic acids is 2. The van der Waals surface area contributed by atoms with Gasteiger partial charge in [-0.1, -0.05) is 36.4 Å². The fourth-order valence-electron chi connectivity index (χ4n) is 2.88. The van der Waals surface area contributed by atoms with E-state index in [4.69, 9.17) is 4.74 Å². The van der Waals surface area contributed by atoms with Crippen LogP contribution in [0.3, 0.4) is 0 Å². The highest BCUT2D eigenvalue weighted by Crippen LogP contribution is 2.23. The fraction of sp³-hybridized carbons (Fsp3) is 0.316. The summed E-state index contributed by atoms with van der Waals surface area (Å²) < 4.78 is 5.28. The van der Waals surface area contributed by atoms with Crippen LogP contribution in [0.1, 0.15) is 22.5 Å². The van der Waals surface area contributed by atoms with Gasteiger partial charge in [0.05, 0.1) is 12.6 Å². The van der Waals surface area contributed by atoms with E-state index >= 15 is 0 Å². The third kappa shape index (κ3) is 4.42. The molecule has 1 aliphatic rings. The summed E-state index contributed by atoms with van der Waals surface area (Å²) in [5, 5.41) is 10.2. The average Bonchev–Trinajstić information content (AvgIpc) is 3.02. The van der Waals surface area contributed by atoms with Crippen molar-refractivity contribution in [1.82, 2.24) is 9.88 Å². The Morgan fingerprint density at radius 1 is 1.12 bits per heavy atom. The van der Waals surface area contributed by atoms with E-state index in [-0.39, 0.29) is 31.3 Å². The molecule has 1 aliphatic heterocycles. The molecule has 0 bridgehead atoms. The summed E-state index contributed by atoms with van der Waals surface area (Å²) in [6.07, 6.45) is 0.499. The lowest BCUT2D eigenvalue weighted by Crippen LogP contribution is -2.30. The summed E-state index contributed by atoms with van der Waals surface area (Å²) in [6.45, 7) is 0.658. The van der Waals surface area contributed by atoms with Crippen LogP contribution in [-0.2, 0) is 11.3 Å². The number of benzene rings is 1. The van der Waals surface area contributed by atoms with E-state index in [1.54, 1.807) is 24.4 Å². The molecule has 130 valence electrons. The average molecular weight is 340 g/mol. The number of likely N-dealkylation sites (tertiary alicyclic amines) is 1. The molecule has 6 heteroatoms. The zero-order chi connectivity index (χ0) is 17.6. The summed E-state index contributed by atoms with van der Waals surface area (Å²) >= 11 is 0. The van der Waals surface area contributed by atoms with Gasteiger partial charge in [-0.3, -0.25) is 9.78 Å². The van der Waals surface area contributed by atoms with Gasteiger partial charge in [-0.05, 0) is 17.7 Å². The molecule has 3 rings (SSSR count). The largest absolute Gasteiger partial charge is 0.445 e. The minimum Gasteiger partial charge on any atom is -0.445 e. The third-order valence-electron chi connectivity index (χ3n) is 4.27. The van der Waals surface area contributed by atoms with Gasteiger partial charge in [-0.25, -0.2) is 4.79 Å². The smallest absolute Gasteiger partial charge is 0.410 e. The summed E-state index contributed by atoms with van der Waals surface area (Å²) in [6, 6.07) is 14.5. The second-order valence-electron chi connectivity index (χ2n) is 6.11. The molecule has 6 nitrogen and oxygen atoms in total. The number of Topliss-reactive ketones (excluding diaryl/α,β-unsaturated/α-hetero) is 1. The van der Waals surface area contributed by atoms with Gasteiger partial charge in [0.2, 0.25) is 0 Å². The van der Waals surface area contributed by atoms with Crippen LogP contribution in [0.2, 0.25) is 0 Å². The molecule has 1 aromatic carbocycles. The van der Waals surface area contributed by atoms with E-state index in [2.05, 4.69) is 4.98 Å². The van der Waals surface area contributed by atoms with Gasteiger partial charge in [0.15, 0.2) is 5.78 Å². The molecule has 1 amide bonds. The van der Waals surface area contributed by atoms with Gasteiger partial charge in [-0.15, -0.1) is 0 Å². The molecule has 2 unspecified atom stereocenters. The van der Waals surface area contributed by atoms with E-state index in [0.717, 1.165) is 5.56 Å². The lowest BCUT2D eigenvalue weighted by Gasteiger charge is -2.16. The molecule has 2 aromatic rings. The first-order chi connectivity index (χ1) is 12.1. The van der Waals surface area contributed by atoms with Crippen molar-refractivity contribution < 1.29 is 19.4 Å². The molecule has 2 atom stereocenters. The zero-order valence-electron chi connectivity index (χ0n) is 13.7. The van der Waals surface area contributed by atoms with E-state index in [1.165, 1.54) is 4.90 Å². The molecule has 1 aromatic heterocycles. The first-order valence-corrected chi connectivity index (χ1v) is 8.21. The van der Waals surface area contributed by atoms with Crippen LogP contribution in [0.25, 0.3) is 0 Å². The Labute approximate surface area is 146 Å². The highest BCUT2D eigenvalue weighted by atomic mass is 16.6. The first-order valence-electron chi connectivity index (χ1n) is 8.21. The predicted molar refractivity (Wildman–Crippen MR) is 90.9 cm³/mol. The number of β-amino-alcohol motifs (C(OH)–C–C–N with tert-alkyl or cyclic N) is 1. The molecule has 0 radical (unpaired) electrons. The number of ether oxygens (including phenoxy) is 1. The van der Waals surface area contributed by atoms with Crippen LogP contribution in [0, 0.1) is 5.92 Å². The SMILES string of the molecule is O=C(CC1CN(C(=O)OCc2ccccc2)CC1O)c1ccccn1. The number of nitrogens with zero attached hydrogens (tertiary/aromatic N) is 2. The Bertz CT molecular complexity index is 721. The van der Waals surface area contributed by atoms with Crippen molar-refractivity contribution in [2.75, 3.05) is 13.1 Å². The van der Waals surface area contributed by atoms with Crippen LogP contribution in [0.4, 0.5) is 4.79 Å². The van der Waals surface area contributed by atoms with E-state index in [1.807, 2.05) is 30.3 Å². The topological polar surface area (TPSA) is 79.7 Å². The number of amides is 1. The van der Waals surface area contributed by atoms with Crippen LogP contribution >= 0.6 is 0 Å². The molecule has 1 N–H and O–H groups in total. The minimum absolute atomic E-state index is 0.135. The number of hydrogen-bond acceptors (Lipinski definition) is 5. The number of aromatic nitrogens is 1. The summed E-state index contributed by atoms with van der Waals surface area (Å²) in [4.78, 5) is 29.9. The van der Waals surface area contributed by atoms with Gasteiger partial charge in [0.25, 0.3) is 0 Å². The first kappa shape index (κ1) is 17.1. The Kier molecular flexibility index (Phi) is 5.40. The van der Waals surface area contributed by atoms with Crippen LogP contribution in [0.5, 0.6) is 0 Å². The maximum Gasteiger partial charge on any atom is 0.410 e. The molecule has 2 heterocycles. The number of carbonyl (C=O) groups is 2. The summed E-state index contributed by atoms with van der Waals surface area (Å²) in [7, 11) is 0. The zero-order valence-corrected chi connectivity index (χ0v) is 13.7. The van der Waals surface area contributed by atoms with Crippen molar-refractivity contribution in [2.45, 2.75) is 19.1 Å². The van der Waals surface area contributed by atoms with Crippen LogP contribution in [-0.4, -0.2) is 46.1 Å².